The van der Waals surface area contributed by atoms with Gasteiger partial charge in [-0.15, -0.1) is 0 Å². The Bertz CT molecular complexity index is 1850. The zero-order valence-electron chi connectivity index (χ0n) is 18.7. The van der Waals surface area contributed by atoms with Gasteiger partial charge in [0.05, 0.1) is 0 Å². The molecule has 0 unspecified atom stereocenters. The molecule has 0 saturated carbocycles. The third kappa shape index (κ3) is 2.86. The third-order valence-electron chi connectivity index (χ3n) is 7.08. The van der Waals surface area contributed by atoms with Crippen molar-refractivity contribution in [2.45, 2.75) is 0 Å². The highest BCUT2D eigenvalue weighted by atomic mass is 14.2. The molecule has 158 valence electrons. The van der Waals surface area contributed by atoms with Crippen LogP contribution in [0.3, 0.4) is 0 Å². The van der Waals surface area contributed by atoms with Crippen molar-refractivity contribution >= 4 is 43.1 Å². The van der Waals surface area contributed by atoms with Crippen LogP contribution < -0.4 is 0 Å². The highest BCUT2D eigenvalue weighted by Gasteiger charge is 2.13. The van der Waals surface area contributed by atoms with Crippen molar-refractivity contribution in [2.75, 3.05) is 0 Å². The highest BCUT2D eigenvalue weighted by molar-refractivity contribution is 6.19. The molecule has 7 rings (SSSR count). The van der Waals surface area contributed by atoms with Gasteiger partial charge < -0.3 is 0 Å². The maximum absolute atomic E-state index is 2.30. The van der Waals surface area contributed by atoms with Gasteiger partial charge in [-0.25, -0.2) is 0 Å². The summed E-state index contributed by atoms with van der Waals surface area (Å²) in [5, 5.41) is 10.4. The number of hydrogen-bond donors (Lipinski definition) is 0. The van der Waals surface area contributed by atoms with Gasteiger partial charge in [0, 0.05) is 0 Å². The minimum Gasteiger partial charge on any atom is -0.0616 e. The Labute approximate surface area is 198 Å². The first-order valence-electron chi connectivity index (χ1n) is 11.8. The lowest BCUT2D eigenvalue weighted by Gasteiger charge is -2.16. The Hall–Kier alpha value is -4.42. The molecule has 7 aromatic carbocycles. The molecule has 0 heterocycles. The summed E-state index contributed by atoms with van der Waals surface area (Å²) < 4.78 is 0. The van der Waals surface area contributed by atoms with Crippen molar-refractivity contribution in [3.05, 3.63) is 133 Å². The van der Waals surface area contributed by atoms with Crippen LogP contribution >= 0.6 is 0 Å². The molecular weight excluding hydrogens is 408 g/mol. The lowest BCUT2D eigenvalue weighted by Crippen LogP contribution is -1.89. The van der Waals surface area contributed by atoms with E-state index in [0.29, 0.717) is 0 Å². The monoisotopic (exact) mass is 430 g/mol. The summed E-state index contributed by atoms with van der Waals surface area (Å²) in [6.45, 7) is 0. The van der Waals surface area contributed by atoms with Crippen LogP contribution in [-0.2, 0) is 0 Å². The van der Waals surface area contributed by atoms with Crippen molar-refractivity contribution < 1.29 is 0 Å². The van der Waals surface area contributed by atoms with Gasteiger partial charge in [0.2, 0.25) is 0 Å². The Balaban J connectivity index is 1.53. The third-order valence-corrected chi connectivity index (χ3v) is 7.08. The molecular formula is C34H22. The van der Waals surface area contributed by atoms with Gasteiger partial charge in [-0.3, -0.25) is 0 Å². The summed E-state index contributed by atoms with van der Waals surface area (Å²) in [4.78, 5) is 0. The van der Waals surface area contributed by atoms with Crippen LogP contribution in [0.1, 0.15) is 0 Å². The fourth-order valence-corrected chi connectivity index (χ4v) is 5.50. The molecule has 0 aliphatic rings. The number of benzene rings is 7. The van der Waals surface area contributed by atoms with Crippen molar-refractivity contribution in [2.24, 2.45) is 0 Å². The minimum atomic E-state index is 1.27. The van der Waals surface area contributed by atoms with Gasteiger partial charge >= 0.3 is 0 Å². The predicted octanol–water partition coefficient (Wildman–Crippen LogP) is 9.63. The molecule has 7 aromatic rings. The second-order valence-electron chi connectivity index (χ2n) is 8.92. The standard InChI is InChI=1S/C34H22/c1-3-12-25-23(9-1)11-7-16-27(25)28-14-5-6-15-29(28)30-17-8-18-31-33-20-19-24-10-2-4-13-26(24)32(33)21-22-34(30)31/h1-22H. The van der Waals surface area contributed by atoms with Gasteiger partial charge in [-0.05, 0) is 65.3 Å². The van der Waals surface area contributed by atoms with E-state index in [-0.39, 0.29) is 0 Å². The van der Waals surface area contributed by atoms with E-state index in [9.17, 15) is 0 Å². The van der Waals surface area contributed by atoms with E-state index in [4.69, 9.17) is 0 Å². The van der Waals surface area contributed by atoms with E-state index in [1.807, 2.05) is 0 Å². The first-order valence-corrected chi connectivity index (χ1v) is 11.8. The number of rotatable bonds is 2. The van der Waals surface area contributed by atoms with Crippen LogP contribution in [0.25, 0.3) is 65.3 Å². The number of hydrogen-bond acceptors (Lipinski definition) is 0. The second-order valence-corrected chi connectivity index (χ2v) is 8.92. The summed E-state index contributed by atoms with van der Waals surface area (Å²) >= 11 is 0. The Morgan fingerprint density at radius 1 is 0.206 bits per heavy atom. The molecule has 0 heteroatoms. The van der Waals surface area contributed by atoms with Crippen molar-refractivity contribution in [3.8, 4) is 22.3 Å². The van der Waals surface area contributed by atoms with E-state index >= 15 is 0 Å². The van der Waals surface area contributed by atoms with Crippen LogP contribution in [0.2, 0.25) is 0 Å². The molecule has 0 bridgehead atoms. The average molecular weight is 431 g/mol. The van der Waals surface area contributed by atoms with Crippen molar-refractivity contribution in [1.29, 1.82) is 0 Å². The molecule has 0 fully saturated rings. The maximum atomic E-state index is 2.30. The molecule has 0 saturated heterocycles. The fourth-order valence-electron chi connectivity index (χ4n) is 5.50. The molecule has 0 N–H and O–H groups in total. The van der Waals surface area contributed by atoms with E-state index in [0.717, 1.165) is 0 Å². The van der Waals surface area contributed by atoms with E-state index < -0.39 is 0 Å². The number of fused-ring (bicyclic) bond motifs is 6. The SMILES string of the molecule is c1ccc(-c2cccc3c2ccc2c4ccccc4ccc32)c(-c2cccc3ccccc23)c1. The van der Waals surface area contributed by atoms with E-state index in [1.165, 1.54) is 65.3 Å². The molecule has 0 aliphatic heterocycles. The van der Waals surface area contributed by atoms with Gasteiger partial charge in [0.25, 0.3) is 0 Å². The molecule has 0 spiro atoms. The predicted molar refractivity (Wildman–Crippen MR) is 147 cm³/mol. The maximum Gasteiger partial charge on any atom is -0.00987 e. The molecule has 0 aliphatic carbocycles. The average Bonchev–Trinajstić information content (AvgIpc) is 2.92. The summed E-state index contributed by atoms with van der Waals surface area (Å²) in [5.41, 5.74) is 5.09. The lowest BCUT2D eigenvalue weighted by atomic mass is 9.88. The Kier molecular flexibility index (Phi) is 4.25. The first-order chi connectivity index (χ1) is 16.9. The molecule has 34 heavy (non-hydrogen) atoms. The smallest absolute Gasteiger partial charge is 0.00987 e. The zero-order valence-corrected chi connectivity index (χ0v) is 18.7. The summed E-state index contributed by atoms with van der Waals surface area (Å²) in [6, 6.07) is 48.6. The normalized spacial score (nSPS) is 11.5. The Morgan fingerprint density at radius 2 is 0.618 bits per heavy atom. The van der Waals surface area contributed by atoms with Gasteiger partial charge in [0.15, 0.2) is 0 Å². The second kappa shape index (κ2) is 7.57. The molecule has 0 atom stereocenters. The van der Waals surface area contributed by atoms with Crippen LogP contribution in [0.5, 0.6) is 0 Å². The fraction of sp³-hybridized carbons (Fsp3) is 0. The van der Waals surface area contributed by atoms with Crippen molar-refractivity contribution in [3.63, 3.8) is 0 Å². The van der Waals surface area contributed by atoms with Crippen LogP contribution in [0.4, 0.5) is 0 Å². The highest BCUT2D eigenvalue weighted by Crippen LogP contribution is 2.41. The lowest BCUT2D eigenvalue weighted by molar-refractivity contribution is 1.62. The quantitative estimate of drug-likeness (QED) is 0.239. The topological polar surface area (TPSA) is 0 Å². The Morgan fingerprint density at radius 3 is 1.41 bits per heavy atom. The summed E-state index contributed by atoms with van der Waals surface area (Å²) in [6.07, 6.45) is 0. The first kappa shape index (κ1) is 19.1. The summed E-state index contributed by atoms with van der Waals surface area (Å²) in [5.74, 6) is 0. The molecule has 0 radical (unpaired) electrons. The van der Waals surface area contributed by atoms with Gasteiger partial charge in [0.1, 0.15) is 0 Å². The van der Waals surface area contributed by atoms with E-state index in [2.05, 4.69) is 133 Å². The molecule has 0 nitrogen and oxygen atoms in total. The summed E-state index contributed by atoms with van der Waals surface area (Å²) in [7, 11) is 0. The van der Waals surface area contributed by atoms with Gasteiger partial charge in [-0.1, -0.05) is 133 Å². The zero-order chi connectivity index (χ0) is 22.5. The van der Waals surface area contributed by atoms with Gasteiger partial charge in [-0.2, -0.15) is 0 Å². The van der Waals surface area contributed by atoms with Crippen LogP contribution in [-0.4, -0.2) is 0 Å². The van der Waals surface area contributed by atoms with Crippen LogP contribution in [0.15, 0.2) is 133 Å². The van der Waals surface area contributed by atoms with Crippen molar-refractivity contribution in [1.82, 2.24) is 0 Å². The molecule has 0 aromatic heterocycles. The minimum absolute atomic E-state index is 1.27. The largest absolute Gasteiger partial charge is 0.0616 e. The van der Waals surface area contributed by atoms with Crippen LogP contribution in [0, 0.1) is 0 Å². The molecule has 0 amide bonds. The van der Waals surface area contributed by atoms with E-state index in [1.54, 1.807) is 0 Å².